The lowest BCUT2D eigenvalue weighted by molar-refractivity contribution is -0.0295. The van der Waals surface area contributed by atoms with E-state index in [9.17, 15) is 14.6 Å². The van der Waals surface area contributed by atoms with E-state index in [0.717, 1.165) is 11.3 Å². The van der Waals surface area contributed by atoms with Crippen LogP contribution < -0.4 is 4.90 Å². The molecule has 2 heterocycles. The van der Waals surface area contributed by atoms with Crippen LogP contribution in [0.15, 0.2) is 54.6 Å². The van der Waals surface area contributed by atoms with E-state index in [0.29, 0.717) is 31.9 Å². The van der Waals surface area contributed by atoms with E-state index < -0.39 is 11.5 Å². The fourth-order valence-corrected chi connectivity index (χ4v) is 3.83. The zero-order valence-corrected chi connectivity index (χ0v) is 15.3. The molecule has 0 amide bonds. The van der Waals surface area contributed by atoms with Crippen molar-refractivity contribution in [2.75, 3.05) is 24.6 Å². The molecule has 2 N–H and O–H groups in total. The van der Waals surface area contributed by atoms with Gasteiger partial charge in [0.1, 0.15) is 5.82 Å². The molecule has 1 aliphatic heterocycles. The second kappa shape index (κ2) is 7.65. The fraction of sp³-hybridized carbons (Fsp3) is 0.350. The maximum atomic E-state index is 13.2. The first-order chi connectivity index (χ1) is 13.6. The zero-order chi connectivity index (χ0) is 19.6. The number of aliphatic hydroxyl groups is 2. The molecular weight excluding hydrogens is 361 g/mol. The van der Waals surface area contributed by atoms with E-state index in [1.165, 1.54) is 12.1 Å². The van der Waals surface area contributed by atoms with Crippen molar-refractivity contribution in [1.82, 2.24) is 20.2 Å². The predicted octanol–water partition coefficient (Wildman–Crippen LogP) is 1.59. The van der Waals surface area contributed by atoms with Crippen molar-refractivity contribution < 1.29 is 14.6 Å². The molecule has 0 spiro atoms. The fourth-order valence-electron chi connectivity index (χ4n) is 3.83. The molecule has 2 aromatic carbocycles. The topological polar surface area (TPSA) is 87.3 Å². The van der Waals surface area contributed by atoms with Crippen LogP contribution in [-0.2, 0) is 6.42 Å². The summed E-state index contributed by atoms with van der Waals surface area (Å²) in [6.07, 6.45) is 0.220. The van der Waals surface area contributed by atoms with Gasteiger partial charge in [-0.15, -0.1) is 0 Å². The lowest BCUT2D eigenvalue weighted by Crippen LogP contribution is -2.55. The number of tetrazole rings is 1. The second-order valence-electron chi connectivity index (χ2n) is 7.28. The molecule has 4 rings (SSSR count). The number of para-hydroxylation sites is 1. The molecule has 3 aromatic rings. The minimum atomic E-state index is -0.788. The largest absolute Gasteiger partial charge is 0.396 e. The summed E-state index contributed by atoms with van der Waals surface area (Å²) >= 11 is 0. The number of anilines is 1. The lowest BCUT2D eigenvalue weighted by atomic mass is 9.73. The highest BCUT2D eigenvalue weighted by Gasteiger charge is 2.43. The quantitative estimate of drug-likeness (QED) is 0.696. The molecule has 28 heavy (non-hydrogen) atoms. The monoisotopic (exact) mass is 383 g/mol. The Morgan fingerprint density at radius 3 is 2.57 bits per heavy atom. The summed E-state index contributed by atoms with van der Waals surface area (Å²) in [5.41, 5.74) is 0.907. The molecule has 0 unspecified atom stereocenters. The lowest BCUT2D eigenvalue weighted by Gasteiger charge is -2.45. The number of hydrogen-bond acceptors (Lipinski definition) is 6. The van der Waals surface area contributed by atoms with Crippen molar-refractivity contribution in [3.8, 4) is 5.69 Å². The third kappa shape index (κ3) is 3.48. The Morgan fingerprint density at radius 2 is 1.86 bits per heavy atom. The highest BCUT2D eigenvalue weighted by molar-refractivity contribution is 5.41. The summed E-state index contributed by atoms with van der Waals surface area (Å²) in [7, 11) is 0. The van der Waals surface area contributed by atoms with E-state index >= 15 is 0 Å². The molecule has 1 aromatic heterocycles. The highest BCUT2D eigenvalue weighted by atomic mass is 19.1. The number of hydrogen-bond donors (Lipinski definition) is 2. The molecule has 7 nitrogen and oxygen atoms in total. The van der Waals surface area contributed by atoms with Gasteiger partial charge in [-0.3, -0.25) is 0 Å². The molecule has 1 fully saturated rings. The van der Waals surface area contributed by atoms with Gasteiger partial charge >= 0.3 is 0 Å². The van der Waals surface area contributed by atoms with E-state index in [1.54, 1.807) is 16.8 Å². The Labute approximate surface area is 162 Å². The van der Waals surface area contributed by atoms with Crippen molar-refractivity contribution in [3.63, 3.8) is 0 Å². The first-order valence-corrected chi connectivity index (χ1v) is 9.23. The van der Waals surface area contributed by atoms with Gasteiger partial charge in [-0.05, 0) is 53.1 Å². The van der Waals surface area contributed by atoms with Crippen LogP contribution in [0.3, 0.4) is 0 Å². The molecule has 1 saturated heterocycles. The Hall–Kier alpha value is -2.84. The predicted molar refractivity (Wildman–Crippen MR) is 102 cm³/mol. The van der Waals surface area contributed by atoms with Gasteiger partial charge < -0.3 is 15.1 Å². The number of aromatic nitrogens is 4. The van der Waals surface area contributed by atoms with Crippen molar-refractivity contribution >= 4 is 5.95 Å². The third-order valence-electron chi connectivity index (χ3n) is 5.41. The molecular formula is C20H22FN5O2. The summed E-state index contributed by atoms with van der Waals surface area (Å²) in [5.74, 6) is 0.254. The van der Waals surface area contributed by atoms with E-state index in [1.807, 2.05) is 35.2 Å². The SMILES string of the molecule is OC[C@]1(Cc2ccc(F)cc2)CN(c2nnnn2-c2ccccc2)CC[C@@H]1O. The molecule has 0 saturated carbocycles. The van der Waals surface area contributed by atoms with Crippen LogP contribution in [0, 0.1) is 11.2 Å². The Kier molecular flexibility index (Phi) is 5.06. The first kappa shape index (κ1) is 18.5. The molecule has 0 bridgehead atoms. The molecule has 1 aliphatic rings. The molecule has 2 atom stereocenters. The van der Waals surface area contributed by atoms with Crippen LogP contribution in [0.4, 0.5) is 10.3 Å². The first-order valence-electron chi connectivity index (χ1n) is 9.23. The molecule has 146 valence electrons. The Morgan fingerprint density at radius 1 is 1.11 bits per heavy atom. The van der Waals surface area contributed by atoms with Crippen LogP contribution in [0.25, 0.3) is 5.69 Å². The standard InChI is InChI=1S/C20H22FN5O2/c21-16-8-6-15(7-9-16)12-20(14-27)13-25(11-10-18(20)28)19-22-23-24-26(19)17-4-2-1-3-5-17/h1-9,18,27-28H,10-14H2/t18-,20-/m0/s1. The van der Waals surface area contributed by atoms with Crippen LogP contribution in [0.2, 0.25) is 0 Å². The number of piperidine rings is 1. The highest BCUT2D eigenvalue weighted by Crippen LogP contribution is 2.35. The van der Waals surface area contributed by atoms with Gasteiger partial charge in [0, 0.05) is 18.5 Å². The van der Waals surface area contributed by atoms with Gasteiger partial charge in [0.2, 0.25) is 5.95 Å². The van der Waals surface area contributed by atoms with Crippen LogP contribution in [0.1, 0.15) is 12.0 Å². The second-order valence-corrected chi connectivity index (χ2v) is 7.28. The summed E-state index contributed by atoms with van der Waals surface area (Å²) in [4.78, 5) is 1.99. The molecule has 8 heteroatoms. The number of rotatable bonds is 5. The third-order valence-corrected chi connectivity index (χ3v) is 5.41. The average molecular weight is 383 g/mol. The van der Waals surface area contributed by atoms with Crippen LogP contribution >= 0.6 is 0 Å². The average Bonchev–Trinajstić information content (AvgIpc) is 3.22. The van der Waals surface area contributed by atoms with Gasteiger partial charge in [-0.1, -0.05) is 35.4 Å². The molecule has 0 aliphatic carbocycles. The van der Waals surface area contributed by atoms with Gasteiger partial charge in [0.15, 0.2) is 0 Å². The van der Waals surface area contributed by atoms with Crippen molar-refractivity contribution in [1.29, 1.82) is 0 Å². The number of aliphatic hydroxyl groups excluding tert-OH is 2. The summed E-state index contributed by atoms with van der Waals surface area (Å²) in [6, 6.07) is 15.7. The molecule has 0 radical (unpaired) electrons. The zero-order valence-electron chi connectivity index (χ0n) is 15.3. The van der Waals surface area contributed by atoms with E-state index in [4.69, 9.17) is 0 Å². The van der Waals surface area contributed by atoms with Crippen LogP contribution in [0.5, 0.6) is 0 Å². The van der Waals surface area contributed by atoms with Crippen molar-refractivity contribution in [3.05, 3.63) is 66.0 Å². The van der Waals surface area contributed by atoms with Gasteiger partial charge in [-0.25, -0.2) is 4.39 Å². The Balaban J connectivity index is 1.63. The Bertz CT molecular complexity index is 918. The minimum absolute atomic E-state index is 0.199. The maximum Gasteiger partial charge on any atom is 0.250 e. The van der Waals surface area contributed by atoms with Gasteiger partial charge in [-0.2, -0.15) is 4.68 Å². The van der Waals surface area contributed by atoms with Gasteiger partial charge in [0.05, 0.1) is 18.4 Å². The maximum absolute atomic E-state index is 13.2. The summed E-state index contributed by atoms with van der Waals surface area (Å²) < 4.78 is 14.9. The van der Waals surface area contributed by atoms with Crippen molar-refractivity contribution in [2.24, 2.45) is 5.41 Å². The van der Waals surface area contributed by atoms with Crippen molar-refractivity contribution in [2.45, 2.75) is 18.9 Å². The number of benzene rings is 2. The number of halogens is 1. The van der Waals surface area contributed by atoms with E-state index in [-0.39, 0.29) is 12.4 Å². The number of nitrogens with zero attached hydrogens (tertiary/aromatic N) is 5. The minimum Gasteiger partial charge on any atom is -0.396 e. The van der Waals surface area contributed by atoms with Gasteiger partial charge in [0.25, 0.3) is 0 Å². The van der Waals surface area contributed by atoms with Crippen LogP contribution in [-0.4, -0.2) is 56.2 Å². The normalized spacial score (nSPS) is 22.4. The summed E-state index contributed by atoms with van der Waals surface area (Å²) in [5, 5.41) is 33.0. The van der Waals surface area contributed by atoms with E-state index in [2.05, 4.69) is 15.5 Å². The smallest absolute Gasteiger partial charge is 0.250 e. The summed E-state index contributed by atoms with van der Waals surface area (Å²) in [6.45, 7) is 0.754.